The molecule has 0 radical (unpaired) electrons. The third-order valence-electron chi connectivity index (χ3n) is 6.12. The Morgan fingerprint density at radius 3 is 2.67 bits per heavy atom. The number of hydrogen-bond acceptors (Lipinski definition) is 3. The van der Waals surface area contributed by atoms with E-state index in [9.17, 15) is 0 Å². The highest BCUT2D eigenvalue weighted by molar-refractivity contribution is 6.30. The Morgan fingerprint density at radius 2 is 1.93 bits per heavy atom. The molecule has 4 rings (SSSR count). The molecular weight excluding hydrogens is 394 g/mol. The topological polar surface area (TPSA) is 30.3 Å². The molecule has 0 atom stereocenters. The molecule has 1 aliphatic rings. The highest BCUT2D eigenvalue weighted by atomic mass is 35.5. The van der Waals surface area contributed by atoms with Crippen molar-refractivity contribution in [1.82, 2.24) is 14.5 Å². The van der Waals surface area contributed by atoms with Gasteiger partial charge in [-0.1, -0.05) is 36.4 Å². The molecule has 0 saturated carbocycles. The first-order chi connectivity index (χ1) is 14.6. The molecular formula is C25H30ClN3O. The third-order valence-corrected chi connectivity index (χ3v) is 6.37. The lowest BCUT2D eigenvalue weighted by atomic mass is 9.92. The first-order valence-electron chi connectivity index (χ1n) is 10.8. The molecule has 2 heterocycles. The van der Waals surface area contributed by atoms with Crippen molar-refractivity contribution in [3.63, 3.8) is 0 Å². The summed E-state index contributed by atoms with van der Waals surface area (Å²) >= 11 is 5.99. The summed E-state index contributed by atoms with van der Waals surface area (Å²) in [5.74, 6) is 2.60. The Kier molecular flexibility index (Phi) is 6.76. The van der Waals surface area contributed by atoms with Gasteiger partial charge < -0.3 is 14.2 Å². The van der Waals surface area contributed by atoms with Gasteiger partial charge in [0.25, 0.3) is 0 Å². The lowest BCUT2D eigenvalue weighted by Gasteiger charge is -2.28. The van der Waals surface area contributed by atoms with Crippen LogP contribution in [-0.2, 0) is 13.2 Å². The summed E-state index contributed by atoms with van der Waals surface area (Å²) in [4.78, 5) is 7.36. The second-order valence-corrected chi connectivity index (χ2v) is 8.67. The largest absolute Gasteiger partial charge is 0.486 e. The van der Waals surface area contributed by atoms with Crippen molar-refractivity contribution < 1.29 is 4.74 Å². The van der Waals surface area contributed by atoms with E-state index >= 15 is 0 Å². The minimum absolute atomic E-state index is 0.432. The van der Waals surface area contributed by atoms with E-state index in [1.807, 2.05) is 30.3 Å². The molecule has 3 aromatic rings. The van der Waals surface area contributed by atoms with Crippen molar-refractivity contribution in [2.75, 3.05) is 20.1 Å². The third kappa shape index (κ3) is 4.88. The van der Waals surface area contributed by atoms with Gasteiger partial charge in [0.05, 0.1) is 11.0 Å². The minimum Gasteiger partial charge on any atom is -0.486 e. The van der Waals surface area contributed by atoms with Crippen LogP contribution in [0, 0.1) is 5.92 Å². The van der Waals surface area contributed by atoms with Crippen LogP contribution in [0.4, 0.5) is 0 Å². The van der Waals surface area contributed by atoms with E-state index in [0.29, 0.717) is 11.6 Å². The van der Waals surface area contributed by atoms with Crippen molar-refractivity contribution in [3.8, 4) is 5.75 Å². The molecule has 1 fully saturated rings. The van der Waals surface area contributed by atoms with Crippen LogP contribution in [0.2, 0.25) is 5.02 Å². The van der Waals surface area contributed by atoms with Crippen molar-refractivity contribution in [2.24, 2.45) is 5.92 Å². The average Bonchev–Trinajstić information content (AvgIpc) is 3.12. The zero-order valence-corrected chi connectivity index (χ0v) is 18.4. The number of hydrogen-bond donors (Lipinski definition) is 0. The number of likely N-dealkylation sites (tertiary alicyclic amines) is 1. The number of nitrogens with zero attached hydrogens (tertiary/aromatic N) is 3. The van der Waals surface area contributed by atoms with Gasteiger partial charge in [0.15, 0.2) is 0 Å². The lowest BCUT2D eigenvalue weighted by Crippen LogP contribution is -2.30. The fraction of sp³-hybridized carbons (Fsp3) is 0.400. The molecule has 0 aliphatic carbocycles. The molecule has 0 unspecified atom stereocenters. The van der Waals surface area contributed by atoms with E-state index < -0.39 is 0 Å². The number of rotatable bonds is 8. The van der Waals surface area contributed by atoms with Crippen molar-refractivity contribution >= 4 is 28.7 Å². The van der Waals surface area contributed by atoms with Crippen LogP contribution in [0.25, 0.3) is 17.1 Å². The van der Waals surface area contributed by atoms with Gasteiger partial charge in [-0.25, -0.2) is 4.98 Å². The molecule has 1 saturated heterocycles. The molecule has 4 nitrogen and oxygen atoms in total. The molecule has 0 N–H and O–H groups in total. The monoisotopic (exact) mass is 423 g/mol. The molecule has 2 aromatic carbocycles. The van der Waals surface area contributed by atoms with E-state index in [-0.39, 0.29) is 0 Å². The highest BCUT2D eigenvalue weighted by Crippen LogP contribution is 2.25. The van der Waals surface area contributed by atoms with Gasteiger partial charge in [0.1, 0.15) is 18.2 Å². The normalized spacial score (nSPS) is 15.5. The van der Waals surface area contributed by atoms with Gasteiger partial charge in [-0.05, 0) is 82.1 Å². The molecule has 30 heavy (non-hydrogen) atoms. The minimum atomic E-state index is 0.432. The Balaban J connectivity index is 1.50. The number of ether oxygens (including phenoxy) is 1. The number of imidazole rings is 1. The fourth-order valence-electron chi connectivity index (χ4n) is 4.31. The molecule has 1 aliphatic heterocycles. The summed E-state index contributed by atoms with van der Waals surface area (Å²) in [7, 11) is 2.22. The smallest absolute Gasteiger partial charge is 0.148 e. The SMILES string of the molecule is C=Cc1cccc2c1nc(COc1ccc(Cl)cc1)n2CCCC1CCN(C)CC1. The number of piperidine rings is 1. The first kappa shape index (κ1) is 21.0. The van der Waals surface area contributed by atoms with Gasteiger partial charge in [-0.15, -0.1) is 0 Å². The summed E-state index contributed by atoms with van der Waals surface area (Å²) in [6, 6.07) is 13.8. The zero-order chi connectivity index (χ0) is 20.9. The van der Waals surface area contributed by atoms with Crippen LogP contribution in [0.3, 0.4) is 0 Å². The number of aryl methyl sites for hydroxylation is 1. The van der Waals surface area contributed by atoms with E-state index in [2.05, 4.69) is 41.3 Å². The molecule has 1 aromatic heterocycles. The number of para-hydroxylation sites is 1. The predicted octanol–water partition coefficient (Wildman–Crippen LogP) is 6.03. The van der Waals surface area contributed by atoms with Crippen molar-refractivity contribution in [3.05, 3.63) is 65.5 Å². The molecule has 0 bridgehead atoms. The van der Waals surface area contributed by atoms with Crippen molar-refractivity contribution in [2.45, 2.75) is 38.8 Å². The number of aromatic nitrogens is 2. The summed E-state index contributed by atoms with van der Waals surface area (Å²) in [6.45, 7) is 7.79. The van der Waals surface area contributed by atoms with E-state index in [1.54, 1.807) is 0 Å². The predicted molar refractivity (Wildman–Crippen MR) is 125 cm³/mol. The van der Waals surface area contributed by atoms with Crippen LogP contribution in [0.1, 0.15) is 37.1 Å². The Hall–Kier alpha value is -2.30. The lowest BCUT2D eigenvalue weighted by molar-refractivity contribution is 0.208. The quantitative estimate of drug-likeness (QED) is 0.442. The molecule has 158 valence electrons. The Bertz CT molecular complexity index is 988. The van der Waals surface area contributed by atoms with E-state index in [1.165, 1.54) is 32.4 Å². The van der Waals surface area contributed by atoms with E-state index in [4.69, 9.17) is 21.3 Å². The maximum absolute atomic E-state index is 6.03. The number of halogens is 1. The Morgan fingerprint density at radius 1 is 1.17 bits per heavy atom. The first-order valence-corrected chi connectivity index (χ1v) is 11.2. The number of fused-ring (bicyclic) bond motifs is 1. The summed E-state index contributed by atoms with van der Waals surface area (Å²) in [5, 5.41) is 0.708. The van der Waals surface area contributed by atoms with Crippen molar-refractivity contribution in [1.29, 1.82) is 0 Å². The number of benzene rings is 2. The molecule has 0 spiro atoms. The van der Waals surface area contributed by atoms with Gasteiger partial charge in [-0.2, -0.15) is 0 Å². The maximum Gasteiger partial charge on any atom is 0.148 e. The second kappa shape index (κ2) is 9.67. The van der Waals surface area contributed by atoms with Gasteiger partial charge in [-0.3, -0.25) is 0 Å². The standard InChI is InChI=1S/C25H30ClN3O/c1-3-20-7-4-8-23-25(20)27-24(18-30-22-11-9-21(26)10-12-22)29(23)15-5-6-19-13-16-28(2)17-14-19/h3-4,7-12,19H,1,5-6,13-18H2,2H3. The zero-order valence-electron chi connectivity index (χ0n) is 17.7. The van der Waals surface area contributed by atoms with Gasteiger partial charge in [0, 0.05) is 17.1 Å². The fourth-order valence-corrected chi connectivity index (χ4v) is 4.43. The summed E-state index contributed by atoms with van der Waals surface area (Å²) < 4.78 is 8.35. The second-order valence-electron chi connectivity index (χ2n) is 8.23. The maximum atomic E-state index is 6.03. The highest BCUT2D eigenvalue weighted by Gasteiger charge is 2.18. The van der Waals surface area contributed by atoms with Crippen LogP contribution < -0.4 is 4.74 Å². The van der Waals surface area contributed by atoms with Crippen LogP contribution in [0.15, 0.2) is 49.0 Å². The summed E-state index contributed by atoms with van der Waals surface area (Å²) in [6.07, 6.45) is 6.93. The van der Waals surface area contributed by atoms with Crippen LogP contribution in [-0.4, -0.2) is 34.6 Å². The van der Waals surface area contributed by atoms with Gasteiger partial charge in [0.2, 0.25) is 0 Å². The van der Waals surface area contributed by atoms with Crippen LogP contribution >= 0.6 is 11.6 Å². The average molecular weight is 424 g/mol. The Labute approximate surface area is 184 Å². The van der Waals surface area contributed by atoms with Gasteiger partial charge >= 0.3 is 0 Å². The van der Waals surface area contributed by atoms with Crippen LogP contribution in [0.5, 0.6) is 5.75 Å². The van der Waals surface area contributed by atoms with E-state index in [0.717, 1.165) is 47.1 Å². The molecule has 0 amide bonds. The molecule has 5 heteroatoms. The summed E-state index contributed by atoms with van der Waals surface area (Å²) in [5.41, 5.74) is 3.22.